The van der Waals surface area contributed by atoms with Gasteiger partial charge in [-0.1, -0.05) is 6.07 Å². The van der Waals surface area contributed by atoms with Crippen molar-refractivity contribution in [2.75, 3.05) is 12.9 Å². The molecule has 1 rings (SSSR count). The highest BCUT2D eigenvalue weighted by Crippen LogP contribution is 2.25. The zero-order valence-electron chi connectivity index (χ0n) is 8.09. The van der Waals surface area contributed by atoms with Crippen molar-refractivity contribution in [2.45, 2.75) is 18.2 Å². The second-order valence-electron chi connectivity index (χ2n) is 2.83. The summed E-state index contributed by atoms with van der Waals surface area (Å²) in [5, 5.41) is 0. The van der Waals surface area contributed by atoms with E-state index in [1.54, 1.807) is 17.8 Å². The molecule has 0 N–H and O–H groups in total. The summed E-state index contributed by atoms with van der Waals surface area (Å²) < 4.78 is 28.8. The lowest BCUT2D eigenvalue weighted by Gasteiger charge is -2.09. The molecule has 0 spiro atoms. The lowest BCUT2D eigenvalue weighted by Crippen LogP contribution is -2.07. The maximum atomic E-state index is 11.9. The highest BCUT2D eigenvalue weighted by molar-refractivity contribution is 7.98. The summed E-state index contributed by atoms with van der Waals surface area (Å²) in [5.41, 5.74) is 0.878. The molecule has 0 aromatic heterocycles. The fraction of sp³-hybridized carbons (Fsp3) is 0.400. The molecule has 0 aliphatic heterocycles. The normalized spacial score (nSPS) is 10.6. The smallest absolute Gasteiger partial charge is 0.272 e. The molecule has 1 aromatic rings. The third-order valence-electron chi connectivity index (χ3n) is 1.76. The number of hydrogen-bond donors (Lipinski definition) is 0. The SMILES string of the molecule is CSc1ccc(C)c(OCC(F)F)c1. The Balaban J connectivity index is 2.73. The highest BCUT2D eigenvalue weighted by atomic mass is 32.2. The minimum Gasteiger partial charge on any atom is -0.487 e. The molecule has 0 aliphatic carbocycles. The lowest BCUT2D eigenvalue weighted by atomic mass is 10.2. The number of aryl methyl sites for hydroxylation is 1. The van der Waals surface area contributed by atoms with E-state index in [0.717, 1.165) is 10.5 Å². The van der Waals surface area contributed by atoms with Crippen LogP contribution in [0.5, 0.6) is 5.75 Å². The van der Waals surface area contributed by atoms with Crippen molar-refractivity contribution in [1.82, 2.24) is 0 Å². The van der Waals surface area contributed by atoms with E-state index in [4.69, 9.17) is 4.74 Å². The highest BCUT2D eigenvalue weighted by Gasteiger charge is 2.06. The van der Waals surface area contributed by atoms with Gasteiger partial charge in [-0.25, -0.2) is 8.78 Å². The largest absolute Gasteiger partial charge is 0.487 e. The Morgan fingerprint density at radius 1 is 1.43 bits per heavy atom. The molecule has 0 heterocycles. The summed E-state index contributed by atoms with van der Waals surface area (Å²) in [5.74, 6) is 0.539. The summed E-state index contributed by atoms with van der Waals surface area (Å²) in [6, 6.07) is 5.59. The van der Waals surface area contributed by atoms with Crippen LogP contribution < -0.4 is 4.74 Å². The first-order valence-electron chi connectivity index (χ1n) is 4.19. The van der Waals surface area contributed by atoms with Gasteiger partial charge in [0.15, 0.2) is 0 Å². The van der Waals surface area contributed by atoms with E-state index in [0.29, 0.717) is 5.75 Å². The number of rotatable bonds is 4. The Kier molecular flexibility index (Phi) is 4.20. The average molecular weight is 218 g/mol. The van der Waals surface area contributed by atoms with Crippen LogP contribution in [0.2, 0.25) is 0 Å². The van der Waals surface area contributed by atoms with Crippen LogP contribution >= 0.6 is 11.8 Å². The van der Waals surface area contributed by atoms with Crippen molar-refractivity contribution in [3.05, 3.63) is 23.8 Å². The fourth-order valence-electron chi connectivity index (χ4n) is 1.02. The zero-order valence-corrected chi connectivity index (χ0v) is 8.91. The van der Waals surface area contributed by atoms with Crippen molar-refractivity contribution in [1.29, 1.82) is 0 Å². The molecular formula is C10H12F2OS. The fourth-order valence-corrected chi connectivity index (χ4v) is 1.44. The molecule has 0 amide bonds. The van der Waals surface area contributed by atoms with Crippen LogP contribution in [-0.4, -0.2) is 19.3 Å². The van der Waals surface area contributed by atoms with Gasteiger partial charge in [0, 0.05) is 4.90 Å². The molecule has 0 aliphatic rings. The number of halogens is 2. The topological polar surface area (TPSA) is 9.23 Å². The molecule has 0 saturated heterocycles. The van der Waals surface area contributed by atoms with E-state index in [2.05, 4.69) is 0 Å². The molecule has 14 heavy (non-hydrogen) atoms. The average Bonchev–Trinajstić information content (AvgIpc) is 2.16. The van der Waals surface area contributed by atoms with Crippen molar-refractivity contribution in [2.24, 2.45) is 0 Å². The van der Waals surface area contributed by atoms with E-state index in [1.807, 2.05) is 25.3 Å². The van der Waals surface area contributed by atoms with Crippen LogP contribution in [0.1, 0.15) is 5.56 Å². The standard InChI is InChI=1S/C10H12F2OS/c1-7-3-4-8(14-2)5-9(7)13-6-10(11)12/h3-5,10H,6H2,1-2H3. The molecule has 0 bridgehead atoms. The molecule has 4 heteroatoms. The first-order valence-corrected chi connectivity index (χ1v) is 5.41. The molecule has 0 saturated carbocycles. The van der Waals surface area contributed by atoms with Crippen LogP contribution in [0.3, 0.4) is 0 Å². The van der Waals surface area contributed by atoms with Gasteiger partial charge >= 0.3 is 0 Å². The molecule has 0 unspecified atom stereocenters. The van der Waals surface area contributed by atoms with E-state index < -0.39 is 13.0 Å². The van der Waals surface area contributed by atoms with E-state index in [1.165, 1.54) is 0 Å². The summed E-state index contributed by atoms with van der Waals surface area (Å²) in [7, 11) is 0. The predicted molar refractivity (Wildman–Crippen MR) is 54.5 cm³/mol. The third-order valence-corrected chi connectivity index (χ3v) is 2.49. The molecule has 1 aromatic carbocycles. The summed E-state index contributed by atoms with van der Waals surface area (Å²) in [6.45, 7) is 1.30. The maximum Gasteiger partial charge on any atom is 0.272 e. The third kappa shape index (κ3) is 3.18. The van der Waals surface area contributed by atoms with Crippen molar-refractivity contribution < 1.29 is 13.5 Å². The van der Waals surface area contributed by atoms with Crippen molar-refractivity contribution in [3.8, 4) is 5.75 Å². The van der Waals surface area contributed by atoms with Gasteiger partial charge in [-0.05, 0) is 30.9 Å². The monoisotopic (exact) mass is 218 g/mol. The number of ether oxygens (including phenoxy) is 1. The Labute approximate surface area is 86.5 Å². The molecule has 0 atom stereocenters. The molecule has 78 valence electrons. The summed E-state index contributed by atoms with van der Waals surface area (Å²) in [4.78, 5) is 1.01. The van der Waals surface area contributed by atoms with Crippen LogP contribution in [0.15, 0.2) is 23.1 Å². The van der Waals surface area contributed by atoms with E-state index in [9.17, 15) is 8.78 Å². The van der Waals surface area contributed by atoms with Crippen LogP contribution in [0.4, 0.5) is 8.78 Å². The van der Waals surface area contributed by atoms with Gasteiger partial charge in [0.05, 0.1) is 0 Å². The van der Waals surface area contributed by atoms with Gasteiger partial charge in [0.25, 0.3) is 6.43 Å². The lowest BCUT2D eigenvalue weighted by molar-refractivity contribution is 0.0814. The van der Waals surface area contributed by atoms with Crippen LogP contribution in [0.25, 0.3) is 0 Å². The summed E-state index contributed by atoms with van der Waals surface area (Å²) in [6.07, 6.45) is -0.492. The van der Waals surface area contributed by atoms with Crippen LogP contribution in [0, 0.1) is 6.92 Å². The quantitative estimate of drug-likeness (QED) is 0.717. The zero-order chi connectivity index (χ0) is 10.6. The molecule has 0 fully saturated rings. The van der Waals surface area contributed by atoms with Gasteiger partial charge in [-0.3, -0.25) is 0 Å². The molecule has 0 radical (unpaired) electrons. The van der Waals surface area contributed by atoms with Crippen molar-refractivity contribution in [3.63, 3.8) is 0 Å². The van der Waals surface area contributed by atoms with Gasteiger partial charge in [0.1, 0.15) is 12.4 Å². The first kappa shape index (κ1) is 11.3. The minimum atomic E-state index is -2.42. The number of hydrogen-bond acceptors (Lipinski definition) is 2. The number of alkyl halides is 2. The van der Waals surface area contributed by atoms with Gasteiger partial charge in [-0.2, -0.15) is 0 Å². The van der Waals surface area contributed by atoms with Crippen LogP contribution in [-0.2, 0) is 0 Å². The Morgan fingerprint density at radius 2 is 2.14 bits per heavy atom. The Morgan fingerprint density at radius 3 is 2.71 bits per heavy atom. The van der Waals surface area contributed by atoms with E-state index >= 15 is 0 Å². The van der Waals surface area contributed by atoms with E-state index in [-0.39, 0.29) is 0 Å². The summed E-state index contributed by atoms with van der Waals surface area (Å²) >= 11 is 1.56. The molecule has 1 nitrogen and oxygen atoms in total. The van der Waals surface area contributed by atoms with Crippen molar-refractivity contribution >= 4 is 11.8 Å². The maximum absolute atomic E-state index is 11.9. The number of thioether (sulfide) groups is 1. The second kappa shape index (κ2) is 5.20. The van der Waals surface area contributed by atoms with Gasteiger partial charge in [0.2, 0.25) is 0 Å². The van der Waals surface area contributed by atoms with Gasteiger partial charge < -0.3 is 4.74 Å². The molecular weight excluding hydrogens is 206 g/mol. The minimum absolute atomic E-state index is 0.539. The second-order valence-corrected chi connectivity index (χ2v) is 3.71. The Hall–Kier alpha value is -0.770. The van der Waals surface area contributed by atoms with Gasteiger partial charge in [-0.15, -0.1) is 11.8 Å². The predicted octanol–water partition coefficient (Wildman–Crippen LogP) is 3.36. The Bertz CT molecular complexity index is 302. The number of benzene rings is 1. The first-order chi connectivity index (χ1) is 6.63.